The van der Waals surface area contributed by atoms with E-state index in [1.807, 2.05) is 30.3 Å². The van der Waals surface area contributed by atoms with Gasteiger partial charge in [0.25, 0.3) is 5.91 Å². The SMILES string of the molecule is CCCCCCCCOc1ccc(C(=O)Oc2ccc(C(=O)/C=C/C3C(=O)N(c4ccccc4)N=C3C)cc2)cc1. The minimum absolute atomic E-state index is 0.211. The summed E-state index contributed by atoms with van der Waals surface area (Å²) in [5.41, 5.74) is 2.11. The molecule has 1 heterocycles. The van der Waals surface area contributed by atoms with Crippen LogP contribution in [0, 0.1) is 5.92 Å². The van der Waals surface area contributed by atoms with Crippen molar-refractivity contribution in [3.63, 3.8) is 0 Å². The van der Waals surface area contributed by atoms with E-state index in [9.17, 15) is 14.4 Å². The van der Waals surface area contributed by atoms with E-state index in [0.29, 0.717) is 34.9 Å². The van der Waals surface area contributed by atoms with Gasteiger partial charge in [-0.2, -0.15) is 10.1 Å². The first kappa shape index (κ1) is 29.5. The molecule has 0 bridgehead atoms. The van der Waals surface area contributed by atoms with Gasteiger partial charge in [-0.25, -0.2) is 4.79 Å². The maximum Gasteiger partial charge on any atom is 0.343 e. The number of amides is 1. The molecule has 7 nitrogen and oxygen atoms in total. The third-order valence-electron chi connectivity index (χ3n) is 6.83. The van der Waals surface area contributed by atoms with Crippen molar-refractivity contribution in [3.8, 4) is 11.5 Å². The summed E-state index contributed by atoms with van der Waals surface area (Å²) in [4.78, 5) is 38.2. The third kappa shape index (κ3) is 8.24. The highest BCUT2D eigenvalue weighted by Gasteiger charge is 2.32. The number of para-hydroxylation sites is 1. The van der Waals surface area contributed by atoms with Gasteiger partial charge in [0.15, 0.2) is 5.78 Å². The lowest BCUT2D eigenvalue weighted by atomic mass is 10.0. The fraction of sp³-hybridized carbons (Fsp3) is 0.294. The number of carbonyl (C=O) groups excluding carboxylic acids is 3. The van der Waals surface area contributed by atoms with Crippen LogP contribution in [0.25, 0.3) is 0 Å². The van der Waals surface area contributed by atoms with E-state index in [2.05, 4.69) is 12.0 Å². The molecule has 212 valence electrons. The maximum atomic E-state index is 12.8. The zero-order valence-corrected chi connectivity index (χ0v) is 23.6. The highest BCUT2D eigenvalue weighted by molar-refractivity contribution is 6.17. The van der Waals surface area contributed by atoms with Crippen molar-refractivity contribution in [2.45, 2.75) is 52.4 Å². The molecule has 3 aromatic rings. The summed E-state index contributed by atoms with van der Waals surface area (Å²) in [6.45, 7) is 4.63. The van der Waals surface area contributed by atoms with Crippen LogP contribution < -0.4 is 14.5 Å². The summed E-state index contributed by atoms with van der Waals surface area (Å²) in [5, 5.41) is 5.71. The number of ether oxygens (including phenoxy) is 2. The van der Waals surface area contributed by atoms with Crippen molar-refractivity contribution in [2.75, 3.05) is 11.6 Å². The molecule has 7 heteroatoms. The summed E-state index contributed by atoms with van der Waals surface area (Å²) in [7, 11) is 0. The smallest absolute Gasteiger partial charge is 0.343 e. The molecule has 0 N–H and O–H groups in total. The molecule has 1 unspecified atom stereocenters. The molecule has 3 aromatic carbocycles. The Labute approximate surface area is 241 Å². The average Bonchev–Trinajstić information content (AvgIpc) is 3.29. The molecule has 0 saturated heterocycles. The second kappa shape index (κ2) is 14.7. The minimum Gasteiger partial charge on any atom is -0.494 e. The van der Waals surface area contributed by atoms with Gasteiger partial charge >= 0.3 is 5.97 Å². The molecule has 0 saturated carbocycles. The zero-order valence-electron chi connectivity index (χ0n) is 23.6. The summed E-state index contributed by atoms with van der Waals surface area (Å²) >= 11 is 0. The summed E-state index contributed by atoms with van der Waals surface area (Å²) in [5.74, 6) is -0.530. The van der Waals surface area contributed by atoms with Gasteiger partial charge in [-0.1, -0.05) is 63.3 Å². The topological polar surface area (TPSA) is 85.3 Å². The van der Waals surface area contributed by atoms with E-state index >= 15 is 0 Å². The first-order chi connectivity index (χ1) is 20.0. The van der Waals surface area contributed by atoms with Gasteiger partial charge in [0, 0.05) is 5.56 Å². The third-order valence-corrected chi connectivity index (χ3v) is 6.83. The number of nitrogens with zero attached hydrogens (tertiary/aromatic N) is 2. The lowest BCUT2D eigenvalue weighted by molar-refractivity contribution is -0.118. The Morgan fingerprint density at radius 2 is 1.46 bits per heavy atom. The molecule has 0 fully saturated rings. The second-order valence-electron chi connectivity index (χ2n) is 9.98. The average molecular weight is 553 g/mol. The van der Waals surface area contributed by atoms with Crippen LogP contribution in [0.3, 0.4) is 0 Å². The van der Waals surface area contributed by atoms with Crippen molar-refractivity contribution < 1.29 is 23.9 Å². The number of hydrazone groups is 1. The summed E-state index contributed by atoms with van der Waals surface area (Å²) < 4.78 is 11.2. The van der Waals surface area contributed by atoms with Crippen LogP contribution in [0.5, 0.6) is 11.5 Å². The second-order valence-corrected chi connectivity index (χ2v) is 9.98. The number of carbonyl (C=O) groups is 3. The Hall–Kier alpha value is -4.52. The molecule has 0 aromatic heterocycles. The largest absolute Gasteiger partial charge is 0.494 e. The van der Waals surface area contributed by atoms with Gasteiger partial charge in [0.05, 0.1) is 29.5 Å². The lowest BCUT2D eigenvalue weighted by Gasteiger charge is -2.12. The Morgan fingerprint density at radius 3 is 2.17 bits per heavy atom. The number of esters is 1. The number of anilines is 1. The van der Waals surface area contributed by atoms with Crippen LogP contribution in [0.4, 0.5) is 5.69 Å². The van der Waals surface area contributed by atoms with E-state index in [0.717, 1.165) is 18.6 Å². The van der Waals surface area contributed by atoms with E-state index < -0.39 is 11.9 Å². The molecular weight excluding hydrogens is 516 g/mol. The molecule has 0 aliphatic carbocycles. The van der Waals surface area contributed by atoms with E-state index in [4.69, 9.17) is 9.47 Å². The molecule has 1 atom stereocenters. The number of allylic oxidation sites excluding steroid dienone is 1. The molecule has 0 radical (unpaired) electrons. The highest BCUT2D eigenvalue weighted by atomic mass is 16.5. The molecule has 1 amide bonds. The predicted molar refractivity (Wildman–Crippen MR) is 161 cm³/mol. The van der Waals surface area contributed by atoms with Crippen LogP contribution in [-0.4, -0.2) is 30.0 Å². The number of hydrogen-bond donors (Lipinski definition) is 0. The van der Waals surface area contributed by atoms with Gasteiger partial charge in [-0.15, -0.1) is 0 Å². The monoisotopic (exact) mass is 552 g/mol. The number of rotatable bonds is 14. The number of hydrogen-bond acceptors (Lipinski definition) is 6. The van der Waals surface area contributed by atoms with Gasteiger partial charge in [0.1, 0.15) is 11.5 Å². The molecule has 0 spiro atoms. The quantitative estimate of drug-likeness (QED) is 0.0683. The van der Waals surface area contributed by atoms with Crippen LogP contribution in [0.2, 0.25) is 0 Å². The van der Waals surface area contributed by atoms with Crippen molar-refractivity contribution in [1.82, 2.24) is 0 Å². The molecule has 1 aliphatic rings. The van der Waals surface area contributed by atoms with Crippen molar-refractivity contribution >= 4 is 29.1 Å². The standard InChI is InChI=1S/C34H36N2O5/c1-3-4-5-6-7-11-24-40-29-18-16-27(17-19-29)34(39)41-30-20-14-26(15-21-30)32(37)23-22-31-25(2)35-36(33(31)38)28-12-9-8-10-13-28/h8-10,12-23,31H,3-7,11,24H2,1-2H3/b23-22+. The van der Waals surface area contributed by atoms with Gasteiger partial charge < -0.3 is 9.47 Å². The van der Waals surface area contributed by atoms with Gasteiger partial charge in [-0.05, 0) is 80.1 Å². The molecular formula is C34H36N2O5. The Kier molecular flexibility index (Phi) is 10.6. The highest BCUT2D eigenvalue weighted by Crippen LogP contribution is 2.25. The molecule has 1 aliphatic heterocycles. The molecule has 41 heavy (non-hydrogen) atoms. The van der Waals surface area contributed by atoms with E-state index in [-0.39, 0.29) is 11.7 Å². The Bertz CT molecular complexity index is 1380. The predicted octanol–water partition coefficient (Wildman–Crippen LogP) is 7.42. The van der Waals surface area contributed by atoms with Gasteiger partial charge in [-0.3, -0.25) is 9.59 Å². The van der Waals surface area contributed by atoms with Crippen molar-refractivity contribution in [2.24, 2.45) is 11.0 Å². The first-order valence-corrected chi connectivity index (χ1v) is 14.2. The zero-order chi connectivity index (χ0) is 29.0. The maximum absolute atomic E-state index is 12.8. The van der Waals surface area contributed by atoms with Crippen LogP contribution in [-0.2, 0) is 4.79 Å². The van der Waals surface area contributed by atoms with Crippen LogP contribution in [0.1, 0.15) is 73.1 Å². The normalized spacial score (nSPS) is 14.8. The first-order valence-electron chi connectivity index (χ1n) is 14.2. The fourth-order valence-corrected chi connectivity index (χ4v) is 4.45. The van der Waals surface area contributed by atoms with Gasteiger partial charge in [0.2, 0.25) is 0 Å². The lowest BCUT2D eigenvalue weighted by Crippen LogP contribution is -2.25. The fourth-order valence-electron chi connectivity index (χ4n) is 4.45. The number of benzene rings is 3. The van der Waals surface area contributed by atoms with Crippen molar-refractivity contribution in [1.29, 1.82) is 0 Å². The summed E-state index contributed by atoms with van der Waals surface area (Å²) in [6.07, 6.45) is 10.2. The van der Waals surface area contributed by atoms with Crippen LogP contribution in [0.15, 0.2) is 96.1 Å². The number of ketones is 1. The molecule has 4 rings (SSSR count). The number of unbranched alkanes of at least 4 members (excludes halogenated alkanes) is 5. The van der Waals surface area contributed by atoms with Crippen LogP contribution >= 0.6 is 0 Å². The van der Waals surface area contributed by atoms with E-state index in [1.54, 1.807) is 61.5 Å². The van der Waals surface area contributed by atoms with E-state index in [1.165, 1.54) is 36.8 Å². The minimum atomic E-state index is -0.605. The Balaban J connectivity index is 1.25. The van der Waals surface area contributed by atoms with Crippen molar-refractivity contribution in [3.05, 3.63) is 102 Å². The summed E-state index contributed by atoms with van der Waals surface area (Å²) in [6, 6.07) is 22.4. The Morgan fingerprint density at radius 1 is 0.829 bits per heavy atom.